The van der Waals surface area contributed by atoms with Crippen LogP contribution in [0.3, 0.4) is 0 Å². The van der Waals surface area contributed by atoms with Gasteiger partial charge in [-0.3, -0.25) is 39.3 Å². The Labute approximate surface area is 352 Å². The highest BCUT2D eigenvalue weighted by Gasteiger charge is 2.44. The lowest BCUT2D eigenvalue weighted by molar-refractivity contribution is -0.140. The first-order chi connectivity index (χ1) is 29.8. The van der Waals surface area contributed by atoms with E-state index < -0.39 is 53.5 Å². The molecule has 2 atom stereocenters. The van der Waals surface area contributed by atoms with E-state index >= 15 is 0 Å². The molecule has 4 aromatic carbocycles. The number of alkyl halides is 3. The third kappa shape index (κ3) is 10.0. The molecule has 5 aromatic rings. The van der Waals surface area contributed by atoms with Gasteiger partial charge < -0.3 is 29.0 Å². The van der Waals surface area contributed by atoms with Crippen LogP contribution < -0.4 is 20.3 Å². The van der Waals surface area contributed by atoms with Gasteiger partial charge in [0.05, 0.1) is 67.5 Å². The second-order valence-corrected chi connectivity index (χ2v) is 14.4. The van der Waals surface area contributed by atoms with Crippen molar-refractivity contribution in [1.82, 2.24) is 19.8 Å². The van der Waals surface area contributed by atoms with E-state index in [4.69, 9.17) is 18.9 Å². The number of fused-ring (bicyclic) bond motifs is 2. The number of hydrogen-bond acceptors (Lipinski definition) is 11. The topological polar surface area (TPSA) is 174 Å². The molecule has 4 amide bonds. The molecule has 0 spiro atoms. The molecule has 0 bridgehead atoms. The number of piperidine rings is 1. The van der Waals surface area contributed by atoms with E-state index in [1.165, 1.54) is 30.3 Å². The van der Waals surface area contributed by atoms with Gasteiger partial charge in [0.2, 0.25) is 17.8 Å². The van der Waals surface area contributed by atoms with Gasteiger partial charge in [0.1, 0.15) is 24.2 Å². The number of nitrogens with one attached hydrogen (secondary N) is 2. The van der Waals surface area contributed by atoms with Crippen molar-refractivity contribution in [2.45, 2.75) is 31.3 Å². The van der Waals surface area contributed by atoms with Crippen LogP contribution in [-0.2, 0) is 30.0 Å². The van der Waals surface area contributed by atoms with Gasteiger partial charge >= 0.3 is 6.18 Å². The zero-order chi connectivity index (χ0) is 44.0. The molecule has 0 radical (unpaired) electrons. The fourth-order valence-electron chi connectivity index (χ4n) is 7.06. The van der Waals surface area contributed by atoms with E-state index in [2.05, 4.69) is 15.6 Å². The average molecular weight is 863 g/mol. The van der Waals surface area contributed by atoms with Crippen LogP contribution >= 0.6 is 0 Å². The maximum Gasteiger partial charge on any atom is 0.416 e. The Morgan fingerprint density at radius 3 is 2.37 bits per heavy atom. The third-order valence-corrected chi connectivity index (χ3v) is 10.2. The van der Waals surface area contributed by atoms with E-state index in [0.29, 0.717) is 62.1 Å². The average Bonchev–Trinajstić information content (AvgIpc) is 3.72. The Kier molecular flexibility index (Phi) is 13.5. The maximum atomic E-state index is 14.2. The van der Waals surface area contributed by atoms with Crippen molar-refractivity contribution in [1.29, 1.82) is 0 Å². The van der Waals surface area contributed by atoms with Crippen LogP contribution in [0.5, 0.6) is 5.75 Å². The molecule has 2 unspecified atom stereocenters. The van der Waals surface area contributed by atoms with Crippen molar-refractivity contribution in [3.8, 4) is 11.4 Å². The first kappa shape index (κ1) is 43.7. The van der Waals surface area contributed by atoms with Crippen molar-refractivity contribution in [2.24, 2.45) is 0 Å². The molecule has 0 aliphatic carbocycles. The fraction of sp³-hybridized carbons (Fsp3) is 0.326. The number of benzene rings is 4. The molecule has 7 rings (SSSR count). The first-order valence-corrected chi connectivity index (χ1v) is 19.6. The highest BCUT2D eigenvalue weighted by atomic mass is 19.4. The highest BCUT2D eigenvalue weighted by molar-refractivity contribution is 6.06. The van der Waals surface area contributed by atoms with Crippen molar-refractivity contribution in [3.63, 3.8) is 0 Å². The number of hydrogen-bond donors (Lipinski definition) is 3. The molecular weight excluding hydrogens is 820 g/mol. The van der Waals surface area contributed by atoms with E-state index in [9.17, 15) is 41.8 Å². The zero-order valence-corrected chi connectivity index (χ0v) is 33.3. The van der Waals surface area contributed by atoms with Gasteiger partial charge in [-0.2, -0.15) is 13.2 Å². The Hall–Kier alpha value is -6.41. The second-order valence-electron chi connectivity index (χ2n) is 14.4. The third-order valence-electron chi connectivity index (χ3n) is 10.2. The summed E-state index contributed by atoms with van der Waals surface area (Å²) in [5.41, 5.74) is 1.42. The van der Waals surface area contributed by atoms with Gasteiger partial charge in [-0.25, -0.2) is 9.37 Å². The fourth-order valence-corrected chi connectivity index (χ4v) is 7.06. The van der Waals surface area contributed by atoms with Gasteiger partial charge in [0, 0.05) is 42.9 Å². The molecule has 1 saturated heterocycles. The molecule has 2 aliphatic rings. The summed E-state index contributed by atoms with van der Waals surface area (Å²) in [5, 5.41) is 15.5. The van der Waals surface area contributed by atoms with Crippen molar-refractivity contribution in [3.05, 3.63) is 113 Å². The molecule has 3 heterocycles. The summed E-state index contributed by atoms with van der Waals surface area (Å²) in [4.78, 5) is 57.5. The van der Waals surface area contributed by atoms with Gasteiger partial charge in [0.15, 0.2) is 6.23 Å². The highest BCUT2D eigenvalue weighted by Crippen LogP contribution is 2.37. The Balaban J connectivity index is 0.818. The number of anilines is 2. The molecule has 1 aromatic heterocycles. The number of amides is 4. The van der Waals surface area contributed by atoms with Crippen LogP contribution in [-0.4, -0.2) is 109 Å². The Morgan fingerprint density at radius 2 is 1.63 bits per heavy atom. The molecule has 3 N–H and O–H groups in total. The Morgan fingerprint density at radius 1 is 0.903 bits per heavy atom. The number of likely N-dealkylation sites (N-methyl/N-ethyl adjacent to an activating group) is 1. The molecular formula is C43H42F4N6O9. The number of aliphatic hydroxyl groups excluding tert-OH is 1. The van der Waals surface area contributed by atoms with Gasteiger partial charge in [0.25, 0.3) is 11.8 Å². The number of aliphatic hydroxyl groups is 1. The first-order valence-electron chi connectivity index (χ1n) is 19.6. The van der Waals surface area contributed by atoms with E-state index in [-0.39, 0.29) is 48.6 Å². The number of carbonyl (C=O) groups is 4. The number of nitrogens with zero attached hydrogens (tertiary/aromatic N) is 4. The van der Waals surface area contributed by atoms with Crippen molar-refractivity contribution < 1.29 is 60.8 Å². The molecule has 19 heteroatoms. The summed E-state index contributed by atoms with van der Waals surface area (Å²) in [6.07, 6.45) is -5.74. The van der Waals surface area contributed by atoms with Gasteiger partial charge in [-0.1, -0.05) is 18.2 Å². The van der Waals surface area contributed by atoms with Crippen LogP contribution in [0.15, 0.2) is 84.9 Å². The lowest BCUT2D eigenvalue weighted by Crippen LogP contribution is -2.53. The lowest BCUT2D eigenvalue weighted by atomic mass is 10.0. The van der Waals surface area contributed by atoms with Crippen LogP contribution in [0.4, 0.5) is 29.2 Å². The summed E-state index contributed by atoms with van der Waals surface area (Å²) < 4.78 is 78.4. The molecule has 62 heavy (non-hydrogen) atoms. The maximum absolute atomic E-state index is 14.2. The molecule has 0 saturated carbocycles. The molecule has 2 aliphatic heterocycles. The SMILES string of the molecule is CN(CCOCCOCCOCCOc1ccc2c(c1)C(=O)N(C1CCC(=O)NC1=O)C2O)c1cccc(-n2c(NC(=O)c3cccc(C(F)(F)F)c3)nc3cc(F)ccc32)c1. The minimum Gasteiger partial charge on any atom is -0.491 e. The van der Waals surface area contributed by atoms with Crippen LogP contribution in [0, 0.1) is 5.82 Å². The van der Waals surface area contributed by atoms with E-state index in [1.807, 2.05) is 24.1 Å². The van der Waals surface area contributed by atoms with Gasteiger partial charge in [-0.05, 0) is 67.1 Å². The quantitative estimate of drug-likeness (QED) is 0.0597. The lowest BCUT2D eigenvalue weighted by Gasteiger charge is -2.31. The summed E-state index contributed by atoms with van der Waals surface area (Å²) in [7, 11) is 1.86. The molecule has 326 valence electrons. The number of rotatable bonds is 18. The second kappa shape index (κ2) is 19.1. The molecule has 1 fully saturated rings. The number of ether oxygens (including phenoxy) is 4. The van der Waals surface area contributed by atoms with Crippen molar-refractivity contribution >= 4 is 46.3 Å². The summed E-state index contributed by atoms with van der Waals surface area (Å²) in [6, 6.07) is 19.0. The smallest absolute Gasteiger partial charge is 0.416 e. The summed E-state index contributed by atoms with van der Waals surface area (Å²) >= 11 is 0. The normalized spacial score (nSPS) is 16.4. The van der Waals surface area contributed by atoms with Gasteiger partial charge in [-0.15, -0.1) is 0 Å². The van der Waals surface area contributed by atoms with Crippen LogP contribution in [0.1, 0.15) is 50.9 Å². The number of imide groups is 1. The monoisotopic (exact) mass is 862 g/mol. The number of imidazole rings is 1. The minimum absolute atomic E-state index is 0.00593. The minimum atomic E-state index is -4.64. The van der Waals surface area contributed by atoms with Crippen LogP contribution in [0.25, 0.3) is 16.7 Å². The standard InChI is InChI=1S/C43H42F4N6O9/c1-51(29-6-3-7-30(24-29)52-35-11-8-28(44)23-34(35)48-42(52)50-38(55)26-4-2-5-27(22-26)43(45,46)47)14-15-59-16-17-60-18-19-61-20-21-62-31-9-10-32-33(25-31)41(58)53(40(32)57)36-12-13-37(54)49-39(36)56/h2-11,22-25,36,40,57H,12-21H2,1H3,(H,48,50,55)(H,49,54,56). The predicted octanol–water partition coefficient (Wildman–Crippen LogP) is 5.25. The number of aromatic nitrogens is 2. The van der Waals surface area contributed by atoms with E-state index in [0.717, 1.165) is 28.8 Å². The zero-order valence-electron chi connectivity index (χ0n) is 33.3. The summed E-state index contributed by atoms with van der Waals surface area (Å²) in [6.45, 7) is 2.57. The van der Waals surface area contributed by atoms with E-state index in [1.54, 1.807) is 28.8 Å². The largest absolute Gasteiger partial charge is 0.491 e. The van der Waals surface area contributed by atoms with Crippen LogP contribution in [0.2, 0.25) is 0 Å². The number of halogens is 4. The van der Waals surface area contributed by atoms with Crippen molar-refractivity contribution in [2.75, 3.05) is 70.1 Å². The predicted molar refractivity (Wildman–Crippen MR) is 215 cm³/mol. The molecule has 15 nitrogen and oxygen atoms in total. The Bertz CT molecular complexity index is 2460. The summed E-state index contributed by atoms with van der Waals surface area (Å²) in [5.74, 6) is -2.54. The number of carbonyl (C=O) groups excluding carboxylic acids is 4.